The monoisotopic (exact) mass is 521 g/mol. The summed E-state index contributed by atoms with van der Waals surface area (Å²) in [5.74, 6) is 1.85. The van der Waals surface area contributed by atoms with Gasteiger partial charge >= 0.3 is 0 Å². The van der Waals surface area contributed by atoms with Crippen LogP contribution < -0.4 is 20.6 Å². The van der Waals surface area contributed by atoms with E-state index in [1.54, 1.807) is 14.2 Å². The zero-order valence-corrected chi connectivity index (χ0v) is 22.9. The van der Waals surface area contributed by atoms with Gasteiger partial charge in [0, 0.05) is 49.6 Å². The van der Waals surface area contributed by atoms with Crippen molar-refractivity contribution in [3.8, 4) is 5.75 Å². The lowest BCUT2D eigenvalue weighted by molar-refractivity contribution is 0.0820. The average molecular weight is 522 g/mol. The number of methoxy groups -OCH3 is 2. The van der Waals surface area contributed by atoms with E-state index in [9.17, 15) is 4.79 Å². The largest absolute Gasteiger partial charge is 0.497 e. The molecule has 200 valence electrons. The molecule has 3 aromatic rings. The Hall–Kier alpha value is -3.74. The third kappa shape index (κ3) is 5.14. The number of carbonyl (C=O) groups excluding carboxylic acids is 1. The van der Waals surface area contributed by atoms with Crippen molar-refractivity contribution < 1.29 is 14.3 Å². The van der Waals surface area contributed by atoms with E-state index in [1.165, 1.54) is 21.9 Å². The van der Waals surface area contributed by atoms with Gasteiger partial charge in [0.1, 0.15) is 5.75 Å². The maximum atomic E-state index is 12.9. The second-order valence-electron chi connectivity index (χ2n) is 10.8. The Morgan fingerprint density at radius 3 is 2.69 bits per heavy atom. The van der Waals surface area contributed by atoms with Crippen LogP contribution >= 0.6 is 0 Å². The molecule has 1 amide bonds. The SMILES string of the molecule is COCCNC(=O)c1cccc2c1=C1C(C)=CC(CC3CN(Cc4ccc5cc(OC)ccc5c4)C3)C=C1N=2. The molecule has 0 bridgehead atoms. The van der Waals surface area contributed by atoms with Crippen molar-refractivity contribution in [3.05, 3.63) is 99.7 Å². The van der Waals surface area contributed by atoms with Gasteiger partial charge < -0.3 is 14.8 Å². The van der Waals surface area contributed by atoms with Crippen LogP contribution in [-0.2, 0) is 11.3 Å². The van der Waals surface area contributed by atoms with Crippen LogP contribution in [0.3, 0.4) is 0 Å². The molecule has 0 aromatic heterocycles. The van der Waals surface area contributed by atoms with Crippen LogP contribution in [-0.4, -0.2) is 51.3 Å². The van der Waals surface area contributed by atoms with Crippen LogP contribution in [0, 0.1) is 11.8 Å². The first kappa shape index (κ1) is 25.5. The lowest BCUT2D eigenvalue weighted by atomic mass is 9.82. The molecule has 2 aliphatic heterocycles. The highest BCUT2D eigenvalue weighted by Crippen LogP contribution is 2.35. The van der Waals surface area contributed by atoms with Crippen molar-refractivity contribution in [2.24, 2.45) is 16.8 Å². The Balaban J connectivity index is 1.11. The summed E-state index contributed by atoms with van der Waals surface area (Å²) in [7, 11) is 3.34. The van der Waals surface area contributed by atoms with Gasteiger partial charge in [-0.05, 0) is 77.4 Å². The fraction of sp³-hybridized carbons (Fsp3) is 0.333. The van der Waals surface area contributed by atoms with Gasteiger partial charge in [0.25, 0.3) is 5.91 Å². The minimum atomic E-state index is -0.0801. The normalized spacial score (nSPS) is 18.5. The Morgan fingerprint density at radius 2 is 1.87 bits per heavy atom. The standard InChI is InChI=1S/C33H35N3O3/c1-21-13-23(16-30-31(21)32-28(5-4-6-29(32)35-30)33(37)34-11-12-38-2)14-24-19-36(20-24)18-22-7-8-26-17-27(39-3)10-9-25(26)15-22/h4-10,13,15-17,23-24H,11-12,14,18-20H2,1-3H3,(H,34,37). The van der Waals surface area contributed by atoms with Crippen molar-refractivity contribution in [1.82, 2.24) is 10.2 Å². The number of ether oxygens (including phenoxy) is 2. The number of hydrogen-bond donors (Lipinski definition) is 1. The zero-order chi connectivity index (χ0) is 26.9. The Morgan fingerprint density at radius 1 is 1.05 bits per heavy atom. The molecule has 0 saturated carbocycles. The number of amides is 1. The van der Waals surface area contributed by atoms with Crippen molar-refractivity contribution in [2.45, 2.75) is 19.9 Å². The topological polar surface area (TPSA) is 63.2 Å². The van der Waals surface area contributed by atoms with Crippen LogP contribution in [0.5, 0.6) is 5.75 Å². The summed E-state index contributed by atoms with van der Waals surface area (Å²) in [6, 6.07) is 18.8. The molecule has 2 heterocycles. The van der Waals surface area contributed by atoms with Crippen molar-refractivity contribution >= 4 is 22.3 Å². The molecule has 1 N–H and O–H groups in total. The molecule has 1 aliphatic carbocycles. The van der Waals surface area contributed by atoms with Gasteiger partial charge in [-0.25, -0.2) is 4.99 Å². The quantitative estimate of drug-likeness (QED) is 0.433. The molecule has 1 atom stereocenters. The maximum absolute atomic E-state index is 12.9. The van der Waals surface area contributed by atoms with E-state index in [2.05, 4.69) is 59.6 Å². The van der Waals surface area contributed by atoms with E-state index in [4.69, 9.17) is 14.5 Å². The fourth-order valence-corrected chi connectivity index (χ4v) is 6.17. The number of rotatable bonds is 9. The molecular weight excluding hydrogens is 486 g/mol. The summed E-state index contributed by atoms with van der Waals surface area (Å²) in [6.45, 7) is 6.35. The minimum Gasteiger partial charge on any atom is -0.497 e. The summed E-state index contributed by atoms with van der Waals surface area (Å²) in [5, 5.41) is 7.26. The fourth-order valence-electron chi connectivity index (χ4n) is 6.17. The highest BCUT2D eigenvalue weighted by molar-refractivity contribution is 5.97. The molecule has 3 aromatic carbocycles. The van der Waals surface area contributed by atoms with Crippen molar-refractivity contribution in [1.29, 1.82) is 0 Å². The van der Waals surface area contributed by atoms with Crippen LogP contribution in [0.25, 0.3) is 16.3 Å². The van der Waals surface area contributed by atoms with E-state index in [-0.39, 0.29) is 5.91 Å². The molecule has 6 nitrogen and oxygen atoms in total. The predicted molar refractivity (Wildman–Crippen MR) is 154 cm³/mol. The van der Waals surface area contributed by atoms with Crippen LogP contribution in [0.15, 0.2) is 83.0 Å². The molecule has 0 spiro atoms. The molecule has 0 radical (unpaired) electrons. The number of fused-ring (bicyclic) bond motifs is 3. The van der Waals surface area contributed by atoms with Crippen LogP contribution in [0.2, 0.25) is 0 Å². The van der Waals surface area contributed by atoms with Crippen molar-refractivity contribution in [2.75, 3.05) is 40.5 Å². The highest BCUT2D eigenvalue weighted by atomic mass is 16.5. The van der Waals surface area contributed by atoms with E-state index in [1.807, 2.05) is 24.3 Å². The molecule has 3 aliphatic rings. The second kappa shape index (κ2) is 10.8. The number of nitrogens with zero attached hydrogens (tertiary/aromatic N) is 2. The number of nitrogens with one attached hydrogen (secondary N) is 1. The molecule has 1 fully saturated rings. The number of allylic oxidation sites excluding steroid dienone is 3. The molecule has 6 rings (SSSR count). The number of carbonyl (C=O) groups is 1. The Bertz CT molecular complexity index is 1610. The van der Waals surface area contributed by atoms with Gasteiger partial charge in [-0.15, -0.1) is 0 Å². The Kier molecular flexibility index (Phi) is 7.07. The van der Waals surface area contributed by atoms with Crippen molar-refractivity contribution in [3.63, 3.8) is 0 Å². The maximum Gasteiger partial charge on any atom is 0.252 e. The molecular formula is C33H35N3O3. The Labute approximate surface area is 229 Å². The van der Waals surface area contributed by atoms with Gasteiger partial charge in [-0.1, -0.05) is 36.4 Å². The van der Waals surface area contributed by atoms with Gasteiger partial charge in [-0.2, -0.15) is 0 Å². The highest BCUT2D eigenvalue weighted by Gasteiger charge is 2.30. The lowest BCUT2D eigenvalue weighted by Gasteiger charge is -2.40. The number of likely N-dealkylation sites (tertiary alicyclic amines) is 1. The zero-order valence-electron chi connectivity index (χ0n) is 22.9. The van der Waals surface area contributed by atoms with Gasteiger partial charge in [-0.3, -0.25) is 9.69 Å². The summed E-state index contributed by atoms with van der Waals surface area (Å²) in [6.07, 6.45) is 5.79. The summed E-state index contributed by atoms with van der Waals surface area (Å²) < 4.78 is 10.4. The summed E-state index contributed by atoms with van der Waals surface area (Å²) in [5.41, 5.74) is 5.35. The summed E-state index contributed by atoms with van der Waals surface area (Å²) >= 11 is 0. The van der Waals surface area contributed by atoms with E-state index < -0.39 is 0 Å². The van der Waals surface area contributed by atoms with E-state index in [0.717, 1.165) is 53.7 Å². The molecule has 1 unspecified atom stereocenters. The average Bonchev–Trinajstić information content (AvgIpc) is 3.30. The first-order chi connectivity index (χ1) is 19.0. The first-order valence-electron chi connectivity index (χ1n) is 13.7. The molecule has 1 saturated heterocycles. The number of hydrogen-bond acceptors (Lipinski definition) is 5. The van der Waals surface area contributed by atoms with Gasteiger partial charge in [0.2, 0.25) is 0 Å². The number of benzene rings is 3. The van der Waals surface area contributed by atoms with E-state index in [0.29, 0.717) is 30.6 Å². The van der Waals surface area contributed by atoms with Crippen LogP contribution in [0.4, 0.5) is 0 Å². The van der Waals surface area contributed by atoms with E-state index >= 15 is 0 Å². The predicted octanol–water partition coefficient (Wildman–Crippen LogP) is 3.99. The smallest absolute Gasteiger partial charge is 0.252 e. The lowest BCUT2D eigenvalue weighted by Crippen LogP contribution is -2.46. The van der Waals surface area contributed by atoms with Gasteiger partial charge in [0.15, 0.2) is 0 Å². The first-order valence-corrected chi connectivity index (χ1v) is 13.7. The molecule has 39 heavy (non-hydrogen) atoms. The third-order valence-corrected chi connectivity index (χ3v) is 8.01. The minimum absolute atomic E-state index is 0.0801. The summed E-state index contributed by atoms with van der Waals surface area (Å²) in [4.78, 5) is 20.4. The third-order valence-electron chi connectivity index (χ3n) is 8.01. The van der Waals surface area contributed by atoms with Crippen LogP contribution in [0.1, 0.15) is 29.3 Å². The second-order valence-corrected chi connectivity index (χ2v) is 10.8. The molecule has 6 heteroatoms. The van der Waals surface area contributed by atoms with Gasteiger partial charge in [0.05, 0.1) is 24.8 Å².